The summed E-state index contributed by atoms with van der Waals surface area (Å²) in [6.07, 6.45) is -2.43. The van der Waals surface area contributed by atoms with Crippen molar-refractivity contribution in [2.45, 2.75) is 116 Å². The fraction of sp³-hybridized carbons (Fsp3) is 0.604. The lowest BCUT2D eigenvalue weighted by Gasteiger charge is -2.37. The maximum Gasteiger partial charge on any atom is 0.406 e. The number of aryl methyl sites for hydroxylation is 1. The number of piperazine rings is 1. The van der Waals surface area contributed by atoms with Crippen molar-refractivity contribution in [1.29, 1.82) is 0 Å². The average Bonchev–Trinajstić information content (AvgIpc) is 4.16. The first kappa shape index (κ1) is 56.8. The molecule has 0 radical (unpaired) electrons. The molecule has 0 aliphatic carbocycles. The molecule has 23 heteroatoms. The summed E-state index contributed by atoms with van der Waals surface area (Å²) < 4.78 is 72.3. The number of carbonyl (C=O) groups excluding carboxylic acids is 5. The molecule has 4 unspecified atom stereocenters. The lowest BCUT2D eigenvalue weighted by Crippen LogP contribution is -2.62. The molecule has 3 aromatic heterocycles. The maximum absolute atomic E-state index is 15.1. The summed E-state index contributed by atoms with van der Waals surface area (Å²) in [4.78, 5) is 86.4. The second-order valence-corrected chi connectivity index (χ2v) is 23.2. The molecule has 4 amide bonds. The van der Waals surface area contributed by atoms with Crippen molar-refractivity contribution in [2.24, 2.45) is 17.3 Å². The summed E-state index contributed by atoms with van der Waals surface area (Å²) in [5.41, 5.74) is 4.72. The van der Waals surface area contributed by atoms with Gasteiger partial charge < -0.3 is 39.0 Å². The Kier molecular flexibility index (Phi) is 17.1. The number of anilines is 1. The van der Waals surface area contributed by atoms with Gasteiger partial charge in [-0.2, -0.15) is 13.2 Å². The van der Waals surface area contributed by atoms with Gasteiger partial charge in [-0.1, -0.05) is 39.3 Å². The lowest BCUT2D eigenvalue weighted by atomic mass is 9.84. The fourth-order valence-corrected chi connectivity index (χ4v) is 12.0. The highest BCUT2D eigenvalue weighted by atomic mass is 35.5. The Morgan fingerprint density at radius 2 is 1.78 bits per heavy atom. The van der Waals surface area contributed by atoms with Crippen molar-refractivity contribution in [3.63, 3.8) is 0 Å². The second-order valence-electron chi connectivity index (χ2n) is 21.9. The third kappa shape index (κ3) is 12.3. The number of benzene rings is 1. The van der Waals surface area contributed by atoms with E-state index in [2.05, 4.69) is 20.5 Å². The topological polar surface area (TPSA) is 175 Å². The number of hydrogen-bond donors (Lipinski definition) is 2. The van der Waals surface area contributed by atoms with Crippen LogP contribution in [0.4, 0.5) is 23.2 Å². The highest BCUT2D eigenvalue weighted by Gasteiger charge is 2.42. The van der Waals surface area contributed by atoms with Crippen LogP contribution in [0.25, 0.3) is 33.4 Å². The van der Waals surface area contributed by atoms with Crippen LogP contribution in [-0.2, 0) is 52.8 Å². The van der Waals surface area contributed by atoms with E-state index in [9.17, 15) is 28.4 Å². The standard InChI is InChI=1S/C53H69ClF4N10O7S/c1-29(2)44(64(8)48(70)32-12-14-66(25-32)50(72)46(54)55)47(69)61-39-22-42-60-40(26-76-42)34-21-35-37(23-52(5,6)28-75-51(73)38-11-10-13-68(62-38)49(39)71)45(67(27-53(56,57)58)41(35)19-30(34)3)36-20-33(24-59-43(36)31(4)74-9)65-17-15-63(7)16-18-65/h19-21,24,26,29,31-32,38-39,44,46,62H,10-18,22-23,25,27-28H2,1-9H3,(H,61,69)/t31?,32?,38?,39-,44-,46?/m0/s1. The number of methoxy groups -OCH3 is 1. The molecule has 4 aliphatic rings. The largest absolute Gasteiger partial charge is 0.464 e. The minimum absolute atomic E-state index is 0.0673. The fourth-order valence-electron chi connectivity index (χ4n) is 11.0. The summed E-state index contributed by atoms with van der Waals surface area (Å²) >= 11 is 6.66. The number of fused-ring (bicyclic) bond motifs is 6. The SMILES string of the molecule is COC(C)c1ncc(N2CCN(C)CC2)cc1-c1c2c3cc(c(C)cc3n1CC(F)(F)F)-c1csc(n1)C[C@H](NC(=O)[C@H](C(C)C)N(C)C(=O)C1CCN(C(=O)C(F)Cl)C1)C(=O)N1CCCC(N1)C(=O)OCC(C)(C)C2. The number of amides is 4. The molecule has 4 aromatic rings. The first-order valence-electron chi connectivity index (χ1n) is 25.9. The van der Waals surface area contributed by atoms with Gasteiger partial charge in [0.25, 0.3) is 17.4 Å². The number of nitrogens with zero attached hydrogens (tertiary/aromatic N) is 8. The minimum Gasteiger partial charge on any atom is -0.464 e. The van der Waals surface area contributed by atoms with Crippen molar-refractivity contribution < 1.29 is 51.0 Å². The van der Waals surface area contributed by atoms with E-state index in [1.54, 1.807) is 26.1 Å². The Balaban J connectivity index is 1.23. The monoisotopic (exact) mass is 1100 g/mol. The number of nitrogens with one attached hydrogen (secondary N) is 2. The molecular weight excluding hydrogens is 1030 g/mol. The van der Waals surface area contributed by atoms with Crippen molar-refractivity contribution >= 4 is 69.1 Å². The smallest absolute Gasteiger partial charge is 0.406 e. The first-order chi connectivity index (χ1) is 35.8. The van der Waals surface area contributed by atoms with Gasteiger partial charge in [-0.25, -0.2) is 14.8 Å². The van der Waals surface area contributed by atoms with Crippen LogP contribution >= 0.6 is 22.9 Å². The summed E-state index contributed by atoms with van der Waals surface area (Å²) in [6, 6.07) is 2.25. The molecule has 6 atom stereocenters. The lowest BCUT2D eigenvalue weighted by molar-refractivity contribution is -0.155. The van der Waals surface area contributed by atoms with E-state index in [1.165, 1.54) is 44.9 Å². The van der Waals surface area contributed by atoms with Gasteiger partial charge in [0.2, 0.25) is 11.8 Å². The van der Waals surface area contributed by atoms with Gasteiger partial charge in [0, 0.05) is 99.2 Å². The molecule has 76 heavy (non-hydrogen) atoms. The predicted molar refractivity (Wildman–Crippen MR) is 281 cm³/mol. The molecule has 414 valence electrons. The summed E-state index contributed by atoms with van der Waals surface area (Å²) in [5, 5.41) is 7.04. The number of hydrazine groups is 1. The minimum atomic E-state index is -4.64. The van der Waals surface area contributed by atoms with Gasteiger partial charge in [0.1, 0.15) is 24.7 Å². The molecule has 0 saturated carbocycles. The van der Waals surface area contributed by atoms with E-state index < -0.39 is 89.4 Å². The quantitative estimate of drug-likeness (QED) is 0.0930. The van der Waals surface area contributed by atoms with Crippen LogP contribution in [0.1, 0.15) is 81.8 Å². The Hall–Kier alpha value is -5.42. The van der Waals surface area contributed by atoms with Crippen LogP contribution in [0.5, 0.6) is 0 Å². The third-order valence-corrected chi connectivity index (χ3v) is 16.2. The van der Waals surface area contributed by atoms with Crippen LogP contribution < -0.4 is 15.6 Å². The van der Waals surface area contributed by atoms with Crippen molar-refractivity contribution in [3.05, 3.63) is 51.6 Å². The number of carbonyl (C=O) groups is 5. The molecule has 3 fully saturated rings. The Bertz CT molecular complexity index is 2830. The van der Waals surface area contributed by atoms with Crippen LogP contribution in [-0.4, -0.2) is 167 Å². The summed E-state index contributed by atoms with van der Waals surface area (Å²) in [6.45, 7) is 12.7. The maximum atomic E-state index is 15.1. The number of halogens is 5. The molecule has 4 aliphatic heterocycles. The van der Waals surface area contributed by atoms with Crippen molar-refractivity contribution in [1.82, 2.24) is 45.0 Å². The molecule has 1 aromatic carbocycles. The van der Waals surface area contributed by atoms with Crippen molar-refractivity contribution in [2.75, 3.05) is 78.5 Å². The number of pyridine rings is 1. The predicted octanol–water partition coefficient (Wildman–Crippen LogP) is 6.67. The van der Waals surface area contributed by atoms with E-state index >= 15 is 13.2 Å². The second kappa shape index (κ2) is 22.9. The van der Waals surface area contributed by atoms with Crippen molar-refractivity contribution in [3.8, 4) is 22.5 Å². The molecule has 6 bridgehead atoms. The number of thiazole rings is 1. The Labute approximate surface area is 449 Å². The number of cyclic esters (lactones) is 1. The van der Waals surface area contributed by atoms with Crippen LogP contribution in [0.3, 0.4) is 0 Å². The van der Waals surface area contributed by atoms with Gasteiger partial charge >= 0.3 is 12.1 Å². The van der Waals surface area contributed by atoms with Gasteiger partial charge in [-0.15, -0.1) is 11.3 Å². The van der Waals surface area contributed by atoms with Gasteiger partial charge in [0.05, 0.1) is 52.6 Å². The van der Waals surface area contributed by atoms with Crippen LogP contribution in [0.15, 0.2) is 29.8 Å². The number of rotatable bonds is 11. The van der Waals surface area contributed by atoms with Crippen LogP contribution in [0, 0.1) is 24.2 Å². The van der Waals surface area contributed by atoms with Crippen LogP contribution in [0.2, 0.25) is 0 Å². The number of ether oxygens (including phenoxy) is 2. The van der Waals surface area contributed by atoms with Gasteiger partial charge in [-0.3, -0.25) is 34.0 Å². The molecule has 7 heterocycles. The number of likely N-dealkylation sites (N-methyl/N-ethyl adjacent to an activating group) is 2. The van der Waals surface area contributed by atoms with E-state index in [0.717, 1.165) is 18.8 Å². The number of aromatic nitrogens is 3. The molecule has 0 spiro atoms. The zero-order chi connectivity index (χ0) is 55.1. The zero-order valence-electron chi connectivity index (χ0n) is 44.6. The molecular formula is C53H69ClF4N10O7S. The van der Waals surface area contributed by atoms with E-state index in [0.29, 0.717) is 81.2 Å². The zero-order valence-corrected chi connectivity index (χ0v) is 46.1. The highest BCUT2D eigenvalue weighted by molar-refractivity contribution is 7.10. The third-order valence-electron chi connectivity index (χ3n) is 15.1. The number of likely N-dealkylation sites (tertiary alicyclic amines) is 1. The summed E-state index contributed by atoms with van der Waals surface area (Å²) in [5.74, 6) is -4.36. The number of hydrogen-bond acceptors (Lipinski definition) is 13. The molecule has 8 rings (SSSR count). The Morgan fingerprint density at radius 1 is 1.05 bits per heavy atom. The van der Waals surface area contributed by atoms with E-state index in [-0.39, 0.29) is 45.5 Å². The van der Waals surface area contributed by atoms with E-state index in [1.807, 2.05) is 52.3 Å². The summed E-state index contributed by atoms with van der Waals surface area (Å²) in [7, 11) is 5.06. The van der Waals surface area contributed by atoms with E-state index in [4.69, 9.17) is 31.0 Å². The normalized spacial score (nSPS) is 22.1. The van der Waals surface area contributed by atoms with Gasteiger partial charge in [0.15, 0.2) is 0 Å². The highest BCUT2D eigenvalue weighted by Crippen LogP contribution is 2.45. The molecule has 2 N–H and O–H groups in total. The van der Waals surface area contributed by atoms with Gasteiger partial charge in [-0.05, 0) is 81.8 Å². The number of alkyl halides is 5. The Morgan fingerprint density at radius 3 is 2.45 bits per heavy atom. The molecule has 3 saturated heterocycles. The molecule has 17 nitrogen and oxygen atoms in total. The number of esters is 1. The average molecular weight is 1100 g/mol. The first-order valence-corrected chi connectivity index (χ1v) is 27.2.